The van der Waals surface area contributed by atoms with Crippen molar-refractivity contribution >= 4 is 17.4 Å². The third kappa shape index (κ3) is 3.26. The van der Waals surface area contributed by atoms with Gasteiger partial charge in [0.15, 0.2) is 5.78 Å². The van der Waals surface area contributed by atoms with Crippen molar-refractivity contribution in [3.05, 3.63) is 53.1 Å². The van der Waals surface area contributed by atoms with Crippen LogP contribution in [0, 0.1) is 0 Å². The van der Waals surface area contributed by atoms with E-state index in [1.165, 1.54) is 0 Å². The highest BCUT2D eigenvalue weighted by Crippen LogP contribution is 2.15. The summed E-state index contributed by atoms with van der Waals surface area (Å²) in [5, 5.41) is 0.579. The van der Waals surface area contributed by atoms with Crippen LogP contribution in [0.3, 0.4) is 0 Å². The Hall–Kier alpha value is -1.65. The molecular formula is C15H18ClN3O. The number of hydrogen-bond donors (Lipinski definition) is 0. The van der Waals surface area contributed by atoms with Crippen LogP contribution in [-0.4, -0.2) is 33.3 Å². The van der Waals surface area contributed by atoms with Crippen molar-refractivity contribution in [3.63, 3.8) is 0 Å². The molecule has 106 valence electrons. The number of ketones is 1. The number of imidazole rings is 1. The third-order valence-electron chi connectivity index (χ3n) is 3.46. The minimum atomic E-state index is -0.231. The van der Waals surface area contributed by atoms with Gasteiger partial charge in [0.2, 0.25) is 0 Å². The Morgan fingerprint density at radius 1 is 1.50 bits per heavy atom. The van der Waals surface area contributed by atoms with E-state index in [9.17, 15) is 4.79 Å². The molecule has 5 heteroatoms. The van der Waals surface area contributed by atoms with Crippen LogP contribution in [0.25, 0.3) is 0 Å². The third-order valence-corrected chi connectivity index (χ3v) is 3.70. The normalized spacial score (nSPS) is 12.7. The van der Waals surface area contributed by atoms with Crippen molar-refractivity contribution < 1.29 is 4.79 Å². The van der Waals surface area contributed by atoms with E-state index in [-0.39, 0.29) is 11.8 Å². The van der Waals surface area contributed by atoms with E-state index in [2.05, 4.69) is 4.98 Å². The van der Waals surface area contributed by atoms with Crippen molar-refractivity contribution in [3.8, 4) is 0 Å². The lowest BCUT2D eigenvalue weighted by Gasteiger charge is -2.23. The van der Waals surface area contributed by atoms with Gasteiger partial charge in [-0.1, -0.05) is 23.7 Å². The Labute approximate surface area is 124 Å². The Morgan fingerprint density at radius 2 is 2.25 bits per heavy atom. The molecule has 0 N–H and O–H groups in total. The Bertz CT molecular complexity index is 609. The summed E-state index contributed by atoms with van der Waals surface area (Å²) in [6.45, 7) is 2.52. The molecule has 1 aromatic heterocycles. The molecule has 0 aliphatic carbocycles. The molecular weight excluding hydrogens is 274 g/mol. The lowest BCUT2D eigenvalue weighted by atomic mass is 10.0. The molecule has 0 spiro atoms. The van der Waals surface area contributed by atoms with Crippen LogP contribution in [0.15, 0.2) is 36.7 Å². The molecule has 1 unspecified atom stereocenters. The average molecular weight is 292 g/mol. The van der Waals surface area contributed by atoms with E-state index in [4.69, 9.17) is 11.6 Å². The number of aromatic nitrogens is 2. The summed E-state index contributed by atoms with van der Waals surface area (Å²) in [6, 6.07) is 6.82. The molecule has 2 aromatic rings. The summed E-state index contributed by atoms with van der Waals surface area (Å²) >= 11 is 5.93. The van der Waals surface area contributed by atoms with Crippen molar-refractivity contribution in [2.45, 2.75) is 19.5 Å². The summed E-state index contributed by atoms with van der Waals surface area (Å²) < 4.78 is 1.95. The topological polar surface area (TPSA) is 38.1 Å². The van der Waals surface area contributed by atoms with E-state index in [0.29, 0.717) is 17.1 Å². The number of carbonyl (C=O) groups excluding carboxylic acids is 1. The first kappa shape index (κ1) is 14.8. The second-order valence-electron chi connectivity index (χ2n) is 4.92. The van der Waals surface area contributed by atoms with E-state index < -0.39 is 0 Å². The standard InChI is InChI=1S/C15H18ClN3O/c1-11(15(20)12-5-4-6-13(16)9-12)19(3)10-14-17-7-8-18(14)2/h4-9,11H,10H2,1-3H3. The lowest BCUT2D eigenvalue weighted by molar-refractivity contribution is 0.0859. The quantitative estimate of drug-likeness (QED) is 0.795. The predicted molar refractivity (Wildman–Crippen MR) is 79.9 cm³/mol. The van der Waals surface area contributed by atoms with Crippen LogP contribution in [0.5, 0.6) is 0 Å². The van der Waals surface area contributed by atoms with Gasteiger partial charge in [0.25, 0.3) is 0 Å². The maximum Gasteiger partial charge on any atom is 0.179 e. The summed E-state index contributed by atoms with van der Waals surface area (Å²) in [6.07, 6.45) is 3.65. The van der Waals surface area contributed by atoms with Crippen molar-refractivity contribution in [1.82, 2.24) is 14.5 Å². The molecule has 0 amide bonds. The first-order valence-corrected chi connectivity index (χ1v) is 6.83. The molecule has 0 saturated carbocycles. The Kier molecular flexibility index (Phi) is 4.57. The largest absolute Gasteiger partial charge is 0.337 e. The van der Waals surface area contributed by atoms with Crippen LogP contribution in [-0.2, 0) is 13.6 Å². The van der Waals surface area contributed by atoms with E-state index >= 15 is 0 Å². The van der Waals surface area contributed by atoms with Crippen LogP contribution in [0.1, 0.15) is 23.1 Å². The minimum absolute atomic E-state index is 0.0595. The number of likely N-dealkylation sites (N-methyl/N-ethyl adjacent to an activating group) is 1. The molecule has 0 aliphatic heterocycles. The van der Waals surface area contributed by atoms with Gasteiger partial charge >= 0.3 is 0 Å². The fourth-order valence-electron chi connectivity index (χ4n) is 1.99. The fourth-order valence-corrected chi connectivity index (χ4v) is 2.18. The smallest absolute Gasteiger partial charge is 0.179 e. The number of Topliss-reactive ketones (excluding diaryl/α,β-unsaturated/α-hetero) is 1. The molecule has 20 heavy (non-hydrogen) atoms. The van der Waals surface area contributed by atoms with E-state index in [0.717, 1.165) is 5.82 Å². The maximum atomic E-state index is 12.4. The number of halogens is 1. The molecule has 0 fully saturated rings. The Morgan fingerprint density at radius 3 is 2.85 bits per heavy atom. The first-order valence-electron chi connectivity index (χ1n) is 6.45. The van der Waals surface area contributed by atoms with Crippen LogP contribution in [0.4, 0.5) is 0 Å². The van der Waals surface area contributed by atoms with Crippen LogP contribution >= 0.6 is 11.6 Å². The molecule has 1 heterocycles. The Balaban J connectivity index is 2.08. The predicted octanol–water partition coefficient (Wildman–Crippen LogP) is 2.78. The molecule has 0 aliphatic rings. The van der Waals surface area contributed by atoms with Crippen LogP contribution in [0.2, 0.25) is 5.02 Å². The van der Waals surface area contributed by atoms with Crippen molar-refractivity contribution in [2.24, 2.45) is 7.05 Å². The number of hydrogen-bond acceptors (Lipinski definition) is 3. The van der Waals surface area contributed by atoms with Gasteiger partial charge in [-0.2, -0.15) is 0 Å². The van der Waals surface area contributed by atoms with Gasteiger partial charge in [0, 0.05) is 30.0 Å². The van der Waals surface area contributed by atoms with Gasteiger partial charge in [-0.25, -0.2) is 4.98 Å². The van der Waals surface area contributed by atoms with Gasteiger partial charge < -0.3 is 4.57 Å². The fraction of sp³-hybridized carbons (Fsp3) is 0.333. The highest BCUT2D eigenvalue weighted by Gasteiger charge is 2.20. The molecule has 0 saturated heterocycles. The average Bonchev–Trinajstić information content (AvgIpc) is 2.82. The van der Waals surface area contributed by atoms with Crippen molar-refractivity contribution in [2.75, 3.05) is 7.05 Å². The van der Waals surface area contributed by atoms with E-state index in [1.54, 1.807) is 30.5 Å². The number of rotatable bonds is 5. The second kappa shape index (κ2) is 6.20. The summed E-state index contributed by atoms with van der Waals surface area (Å²) in [5.41, 5.74) is 0.636. The monoisotopic (exact) mass is 291 g/mol. The van der Waals surface area contributed by atoms with Gasteiger partial charge in [0.05, 0.1) is 12.6 Å². The number of carbonyl (C=O) groups is 1. The summed E-state index contributed by atoms with van der Waals surface area (Å²) in [5.74, 6) is 0.988. The number of aryl methyl sites for hydroxylation is 1. The molecule has 2 rings (SSSR count). The summed E-state index contributed by atoms with van der Waals surface area (Å²) in [4.78, 5) is 18.7. The maximum absolute atomic E-state index is 12.4. The molecule has 4 nitrogen and oxygen atoms in total. The minimum Gasteiger partial charge on any atom is -0.337 e. The first-order chi connectivity index (χ1) is 9.49. The highest BCUT2D eigenvalue weighted by atomic mass is 35.5. The molecule has 1 aromatic carbocycles. The highest BCUT2D eigenvalue weighted by molar-refractivity contribution is 6.31. The number of benzene rings is 1. The van der Waals surface area contributed by atoms with Crippen LogP contribution < -0.4 is 0 Å². The van der Waals surface area contributed by atoms with E-state index in [1.807, 2.05) is 36.7 Å². The summed E-state index contributed by atoms with van der Waals surface area (Å²) in [7, 11) is 3.86. The molecule has 0 radical (unpaired) electrons. The zero-order valence-corrected chi connectivity index (χ0v) is 12.6. The van der Waals surface area contributed by atoms with Crippen molar-refractivity contribution in [1.29, 1.82) is 0 Å². The second-order valence-corrected chi connectivity index (χ2v) is 5.36. The van der Waals surface area contributed by atoms with Gasteiger partial charge in [-0.15, -0.1) is 0 Å². The van der Waals surface area contributed by atoms with Gasteiger partial charge in [-0.3, -0.25) is 9.69 Å². The van der Waals surface area contributed by atoms with Gasteiger partial charge in [-0.05, 0) is 26.1 Å². The SMILES string of the molecule is CC(C(=O)c1cccc(Cl)c1)N(C)Cc1nccn1C. The number of nitrogens with zero attached hydrogens (tertiary/aromatic N) is 3. The zero-order valence-electron chi connectivity index (χ0n) is 11.9. The molecule has 1 atom stereocenters. The molecule has 0 bridgehead atoms. The zero-order chi connectivity index (χ0) is 14.7. The van der Waals surface area contributed by atoms with Gasteiger partial charge in [0.1, 0.15) is 5.82 Å². The lowest BCUT2D eigenvalue weighted by Crippen LogP contribution is -2.36.